The molecule has 0 unspecified atom stereocenters. The van der Waals surface area contributed by atoms with Gasteiger partial charge in [0.25, 0.3) is 5.22 Å². The molecule has 2 rings (SSSR count). The minimum Gasteiger partial charge on any atom is -0.544 e. The van der Waals surface area contributed by atoms with Crippen LogP contribution in [0.2, 0.25) is 0 Å². The van der Waals surface area contributed by atoms with Gasteiger partial charge in [-0.15, -0.1) is 10.2 Å². The first kappa shape index (κ1) is 16.9. The normalized spacial score (nSPS) is 11.3. The Labute approximate surface area is 137 Å². The minimum absolute atomic E-state index is 0.0807. The summed E-state index contributed by atoms with van der Waals surface area (Å²) in [6.07, 6.45) is 1.42. The number of aliphatic carboxylic acids is 1. The first-order valence-corrected chi connectivity index (χ1v) is 7.57. The minimum atomic E-state index is -1.35. The monoisotopic (exact) mass is 335 g/mol. The van der Waals surface area contributed by atoms with Crippen molar-refractivity contribution in [3.63, 3.8) is 0 Å². The lowest BCUT2D eigenvalue weighted by atomic mass is 10.1. The number of carboxylic acid groups (broad SMARTS) is 1. The third-order valence-corrected chi connectivity index (χ3v) is 3.55. The van der Waals surface area contributed by atoms with E-state index in [1.54, 1.807) is 25.1 Å². The topological polar surface area (TPSA) is 97.5 Å². The molecule has 0 aliphatic heterocycles. The molecule has 0 N–H and O–H groups in total. The highest BCUT2D eigenvalue weighted by Crippen LogP contribution is 2.35. The van der Waals surface area contributed by atoms with E-state index in [0.717, 1.165) is 11.8 Å². The Hall–Kier alpha value is -2.48. The van der Waals surface area contributed by atoms with Crippen LogP contribution in [0.4, 0.5) is 0 Å². The summed E-state index contributed by atoms with van der Waals surface area (Å²) in [6, 6.07) is 5.19. The Bertz CT molecular complexity index is 726. The average Bonchev–Trinajstić information content (AvgIpc) is 2.93. The SMILES string of the molecule is CCOc1c(/C=C(\Sc2nnc(C)o2)C(=O)[O-])cccc1OC. The molecule has 1 aromatic heterocycles. The van der Waals surface area contributed by atoms with Crippen molar-refractivity contribution in [1.82, 2.24) is 10.2 Å². The maximum Gasteiger partial charge on any atom is 0.281 e. The number of thioether (sulfide) groups is 1. The number of nitrogens with zero attached hydrogens (tertiary/aromatic N) is 2. The number of aryl methyl sites for hydroxylation is 1. The van der Waals surface area contributed by atoms with Crippen LogP contribution in [0.3, 0.4) is 0 Å². The van der Waals surface area contributed by atoms with E-state index in [4.69, 9.17) is 13.9 Å². The van der Waals surface area contributed by atoms with Crippen LogP contribution in [0.5, 0.6) is 11.5 Å². The van der Waals surface area contributed by atoms with E-state index in [9.17, 15) is 9.90 Å². The third kappa shape index (κ3) is 4.26. The lowest BCUT2D eigenvalue weighted by Crippen LogP contribution is -2.23. The van der Waals surface area contributed by atoms with Gasteiger partial charge in [-0.1, -0.05) is 12.1 Å². The second kappa shape index (κ2) is 7.68. The molecule has 0 aliphatic rings. The molecule has 122 valence electrons. The van der Waals surface area contributed by atoms with Crippen LogP contribution in [0.1, 0.15) is 18.4 Å². The predicted molar refractivity (Wildman–Crippen MR) is 82.0 cm³/mol. The summed E-state index contributed by atoms with van der Waals surface area (Å²) in [5.41, 5.74) is 0.550. The van der Waals surface area contributed by atoms with E-state index in [1.165, 1.54) is 13.2 Å². The average molecular weight is 335 g/mol. The first-order chi connectivity index (χ1) is 11.0. The van der Waals surface area contributed by atoms with Gasteiger partial charge in [-0.2, -0.15) is 0 Å². The number of carbonyl (C=O) groups is 1. The van der Waals surface area contributed by atoms with Gasteiger partial charge in [0.1, 0.15) is 0 Å². The van der Waals surface area contributed by atoms with E-state index in [1.807, 2.05) is 6.92 Å². The van der Waals surface area contributed by atoms with Gasteiger partial charge in [0.15, 0.2) is 11.5 Å². The Balaban J connectivity index is 2.41. The lowest BCUT2D eigenvalue weighted by molar-refractivity contribution is -0.298. The van der Waals surface area contributed by atoms with E-state index < -0.39 is 5.97 Å². The molecule has 23 heavy (non-hydrogen) atoms. The van der Waals surface area contributed by atoms with Crippen molar-refractivity contribution in [1.29, 1.82) is 0 Å². The molecule has 0 fully saturated rings. The van der Waals surface area contributed by atoms with Gasteiger partial charge in [0.2, 0.25) is 5.89 Å². The molecule has 1 aromatic carbocycles. The fourth-order valence-electron chi connectivity index (χ4n) is 1.79. The number of aromatic nitrogens is 2. The molecule has 0 saturated carbocycles. The number of ether oxygens (including phenoxy) is 2. The van der Waals surface area contributed by atoms with Crippen LogP contribution < -0.4 is 14.6 Å². The van der Waals surface area contributed by atoms with E-state index in [0.29, 0.717) is 29.6 Å². The summed E-state index contributed by atoms with van der Waals surface area (Å²) in [5.74, 6) is -0.0341. The summed E-state index contributed by atoms with van der Waals surface area (Å²) in [7, 11) is 1.51. The molecule has 0 atom stereocenters. The van der Waals surface area contributed by atoms with Crippen molar-refractivity contribution in [2.75, 3.05) is 13.7 Å². The molecular formula is C15H15N2O5S-. The number of para-hydroxylation sites is 1. The second-order valence-electron chi connectivity index (χ2n) is 4.30. The third-order valence-electron chi connectivity index (χ3n) is 2.71. The number of carbonyl (C=O) groups excluding carboxylic acids is 1. The number of benzene rings is 1. The van der Waals surface area contributed by atoms with Gasteiger partial charge in [0, 0.05) is 17.4 Å². The molecule has 8 heteroatoms. The number of hydrogen-bond acceptors (Lipinski definition) is 8. The predicted octanol–water partition coefficient (Wildman–Crippen LogP) is 1.67. The van der Waals surface area contributed by atoms with Crippen molar-refractivity contribution in [2.24, 2.45) is 0 Å². The van der Waals surface area contributed by atoms with Gasteiger partial charge in [-0.05, 0) is 30.8 Å². The second-order valence-corrected chi connectivity index (χ2v) is 5.29. The van der Waals surface area contributed by atoms with Gasteiger partial charge >= 0.3 is 0 Å². The van der Waals surface area contributed by atoms with Crippen molar-refractivity contribution in [3.05, 3.63) is 34.6 Å². The zero-order chi connectivity index (χ0) is 16.8. The van der Waals surface area contributed by atoms with Crippen LogP contribution in [0, 0.1) is 6.92 Å². The van der Waals surface area contributed by atoms with E-state index in [-0.39, 0.29) is 10.1 Å². The highest BCUT2D eigenvalue weighted by molar-refractivity contribution is 8.03. The summed E-state index contributed by atoms with van der Waals surface area (Å²) in [6.45, 7) is 3.86. The molecule has 0 radical (unpaired) electrons. The molecule has 0 saturated heterocycles. The van der Waals surface area contributed by atoms with Crippen molar-refractivity contribution < 1.29 is 23.8 Å². The largest absolute Gasteiger partial charge is 0.544 e. The molecule has 0 amide bonds. The molecular weight excluding hydrogens is 320 g/mol. The first-order valence-electron chi connectivity index (χ1n) is 6.76. The fraction of sp³-hybridized carbons (Fsp3) is 0.267. The van der Waals surface area contributed by atoms with Gasteiger partial charge < -0.3 is 23.8 Å². The summed E-state index contributed by atoms with van der Waals surface area (Å²) < 4.78 is 16.0. The standard InChI is InChI=1S/C15H16N2O5S/c1-4-21-13-10(6-5-7-11(13)20-3)8-12(14(18)19)23-15-17-16-9(2)22-15/h5-8H,4H2,1-3H3,(H,18,19)/p-1/b12-8-. The van der Waals surface area contributed by atoms with Crippen LogP contribution in [0.15, 0.2) is 32.7 Å². The molecule has 0 spiro atoms. The zero-order valence-electron chi connectivity index (χ0n) is 12.9. The smallest absolute Gasteiger partial charge is 0.281 e. The van der Waals surface area contributed by atoms with Crippen LogP contribution >= 0.6 is 11.8 Å². The Morgan fingerprint density at radius 2 is 2.22 bits per heavy atom. The molecule has 7 nitrogen and oxygen atoms in total. The maximum atomic E-state index is 11.4. The molecule has 2 aromatic rings. The summed E-state index contributed by atoms with van der Waals surface area (Å²) in [5, 5.41) is 18.9. The number of methoxy groups -OCH3 is 1. The van der Waals surface area contributed by atoms with Crippen molar-refractivity contribution in [2.45, 2.75) is 19.1 Å². The van der Waals surface area contributed by atoms with Gasteiger partial charge in [-0.25, -0.2) is 0 Å². The zero-order valence-corrected chi connectivity index (χ0v) is 13.7. The number of rotatable bonds is 7. The Morgan fingerprint density at radius 3 is 2.78 bits per heavy atom. The molecule has 0 bridgehead atoms. The quantitative estimate of drug-likeness (QED) is 0.557. The maximum absolute atomic E-state index is 11.4. The Kier molecular flexibility index (Phi) is 5.64. The lowest BCUT2D eigenvalue weighted by Gasteiger charge is -2.13. The van der Waals surface area contributed by atoms with Gasteiger partial charge in [-0.3, -0.25) is 0 Å². The van der Waals surface area contributed by atoms with Gasteiger partial charge in [0.05, 0.1) is 19.7 Å². The van der Waals surface area contributed by atoms with Crippen LogP contribution in [0.25, 0.3) is 6.08 Å². The molecule has 0 aliphatic carbocycles. The summed E-state index contributed by atoms with van der Waals surface area (Å²) >= 11 is 0.815. The van der Waals surface area contributed by atoms with E-state index in [2.05, 4.69) is 10.2 Å². The Morgan fingerprint density at radius 1 is 1.43 bits per heavy atom. The highest BCUT2D eigenvalue weighted by atomic mass is 32.2. The number of carboxylic acids is 1. The van der Waals surface area contributed by atoms with Crippen molar-refractivity contribution in [3.8, 4) is 11.5 Å². The molecule has 1 heterocycles. The van der Waals surface area contributed by atoms with Crippen LogP contribution in [-0.4, -0.2) is 29.9 Å². The summed E-state index contributed by atoms with van der Waals surface area (Å²) in [4.78, 5) is 11.3. The van der Waals surface area contributed by atoms with E-state index >= 15 is 0 Å². The fourth-order valence-corrected chi connectivity index (χ4v) is 2.49. The highest BCUT2D eigenvalue weighted by Gasteiger charge is 2.13. The van der Waals surface area contributed by atoms with Crippen molar-refractivity contribution >= 4 is 23.8 Å². The number of hydrogen-bond donors (Lipinski definition) is 0. The van der Waals surface area contributed by atoms with Crippen LogP contribution in [-0.2, 0) is 4.79 Å².